The molecule has 0 spiro atoms. The Morgan fingerprint density at radius 1 is 1.18 bits per heavy atom. The van der Waals surface area contributed by atoms with Crippen molar-refractivity contribution in [3.05, 3.63) is 0 Å². The Bertz CT molecular complexity index is 115. The van der Waals surface area contributed by atoms with Gasteiger partial charge in [0.2, 0.25) is 0 Å². The summed E-state index contributed by atoms with van der Waals surface area (Å²) in [6.07, 6.45) is 5.81. The molecule has 1 aliphatic carbocycles. The fourth-order valence-corrected chi connectivity index (χ4v) is 2.34. The molecule has 1 rings (SSSR count). The van der Waals surface area contributed by atoms with Crippen LogP contribution in [0.2, 0.25) is 0 Å². The molecule has 1 saturated carbocycles. The molecule has 1 atom stereocenters. The lowest BCUT2D eigenvalue weighted by molar-refractivity contribution is 0.326. The highest BCUT2D eigenvalue weighted by atomic mass is 31.2. The van der Waals surface area contributed by atoms with Gasteiger partial charge in [0.15, 0.2) is 8.38 Å². The van der Waals surface area contributed by atoms with Crippen LogP contribution in [0.15, 0.2) is 0 Å². The number of rotatable bonds is 2. The monoisotopic (exact) mass is 177 g/mol. The van der Waals surface area contributed by atoms with Gasteiger partial charge in [-0.15, -0.1) is 0 Å². The zero-order chi connectivity index (χ0) is 8.27. The van der Waals surface area contributed by atoms with Crippen molar-refractivity contribution in [3.8, 4) is 0 Å². The molecule has 4 N–H and O–H groups in total. The van der Waals surface area contributed by atoms with E-state index in [0.717, 1.165) is 12.8 Å². The molecule has 0 radical (unpaired) electrons. The van der Waals surface area contributed by atoms with Gasteiger partial charge in [-0.3, -0.25) is 0 Å². The molecular weight excluding hydrogens is 161 g/mol. The lowest BCUT2D eigenvalue weighted by Crippen LogP contribution is -2.29. The summed E-state index contributed by atoms with van der Waals surface area (Å²) in [7, 11) is -1.91. The van der Waals surface area contributed by atoms with Gasteiger partial charge < -0.3 is 15.5 Å². The molecule has 4 heteroatoms. The third-order valence-corrected chi connectivity index (χ3v) is 3.35. The molecule has 66 valence electrons. The first-order chi connectivity index (χ1) is 5.22. The van der Waals surface area contributed by atoms with Gasteiger partial charge in [-0.25, -0.2) is 0 Å². The average molecular weight is 177 g/mol. The van der Waals surface area contributed by atoms with Gasteiger partial charge in [0.05, 0.1) is 5.78 Å². The smallest absolute Gasteiger partial charge is 0.183 e. The van der Waals surface area contributed by atoms with Crippen LogP contribution in [-0.4, -0.2) is 15.6 Å². The van der Waals surface area contributed by atoms with Gasteiger partial charge in [-0.1, -0.05) is 19.3 Å². The quantitative estimate of drug-likeness (QED) is 0.554. The fraction of sp³-hybridized carbons (Fsp3) is 1.00. The van der Waals surface area contributed by atoms with Crippen molar-refractivity contribution >= 4 is 8.38 Å². The molecule has 1 aliphatic rings. The standard InChI is InChI=1S/C7H16NO2P/c8-7(11(9)10)6-4-2-1-3-5-6/h6-7,9-10H,1-5,8H2. The van der Waals surface area contributed by atoms with Gasteiger partial charge in [0.1, 0.15) is 0 Å². The van der Waals surface area contributed by atoms with Crippen LogP contribution in [0.3, 0.4) is 0 Å². The summed E-state index contributed by atoms with van der Waals surface area (Å²) in [5.74, 6) is -0.0184. The Morgan fingerprint density at radius 3 is 2.18 bits per heavy atom. The molecule has 0 saturated heterocycles. The van der Waals surface area contributed by atoms with Crippen LogP contribution in [0.1, 0.15) is 32.1 Å². The molecule has 0 amide bonds. The third-order valence-electron chi connectivity index (χ3n) is 2.40. The van der Waals surface area contributed by atoms with Crippen LogP contribution in [-0.2, 0) is 0 Å². The molecule has 0 aromatic heterocycles. The molecule has 0 aliphatic heterocycles. The normalized spacial score (nSPS) is 24.0. The second-order valence-corrected chi connectivity index (χ2v) is 4.45. The Labute approximate surface area is 68.5 Å². The van der Waals surface area contributed by atoms with E-state index in [0.29, 0.717) is 5.92 Å². The predicted octanol–water partition coefficient (Wildman–Crippen LogP) is 1.15. The molecule has 3 nitrogen and oxygen atoms in total. The Balaban J connectivity index is 2.32. The highest BCUT2D eigenvalue weighted by molar-refractivity contribution is 7.45. The average Bonchev–Trinajstić information content (AvgIpc) is 2.05. The highest BCUT2D eigenvalue weighted by Gasteiger charge is 2.25. The second-order valence-electron chi connectivity index (χ2n) is 3.21. The summed E-state index contributed by atoms with van der Waals surface area (Å²) in [6.45, 7) is 0. The van der Waals surface area contributed by atoms with Gasteiger partial charge in [-0.05, 0) is 18.8 Å². The lowest BCUT2D eigenvalue weighted by Gasteiger charge is -2.27. The zero-order valence-corrected chi connectivity index (χ0v) is 7.50. The lowest BCUT2D eigenvalue weighted by atomic mass is 9.89. The van der Waals surface area contributed by atoms with Crippen molar-refractivity contribution in [2.24, 2.45) is 11.7 Å². The molecular formula is C7H16NO2P. The van der Waals surface area contributed by atoms with Crippen molar-refractivity contribution in [2.75, 3.05) is 0 Å². The van der Waals surface area contributed by atoms with Gasteiger partial charge in [-0.2, -0.15) is 0 Å². The van der Waals surface area contributed by atoms with Crippen LogP contribution in [0, 0.1) is 5.92 Å². The maximum atomic E-state index is 8.87. The van der Waals surface area contributed by atoms with E-state index in [1.807, 2.05) is 0 Å². The molecule has 0 aromatic rings. The first-order valence-electron chi connectivity index (χ1n) is 4.14. The summed E-state index contributed by atoms with van der Waals surface area (Å²) < 4.78 is 0. The molecule has 1 fully saturated rings. The van der Waals surface area contributed by atoms with Gasteiger partial charge in [0.25, 0.3) is 0 Å². The number of hydrogen-bond donors (Lipinski definition) is 3. The zero-order valence-electron chi connectivity index (χ0n) is 6.61. The van der Waals surface area contributed by atoms with E-state index in [1.165, 1.54) is 19.3 Å². The Morgan fingerprint density at radius 2 is 1.73 bits per heavy atom. The molecule has 0 aromatic carbocycles. The molecule has 0 bridgehead atoms. The summed E-state index contributed by atoms with van der Waals surface area (Å²) >= 11 is 0. The maximum Gasteiger partial charge on any atom is 0.183 e. The van der Waals surface area contributed by atoms with E-state index in [2.05, 4.69) is 0 Å². The predicted molar refractivity (Wildman–Crippen MR) is 45.9 cm³/mol. The maximum absolute atomic E-state index is 8.87. The summed E-state index contributed by atoms with van der Waals surface area (Å²) in [4.78, 5) is 17.7. The van der Waals surface area contributed by atoms with E-state index in [1.54, 1.807) is 0 Å². The van der Waals surface area contributed by atoms with Crippen molar-refractivity contribution in [1.82, 2.24) is 0 Å². The van der Waals surface area contributed by atoms with Crippen molar-refractivity contribution in [2.45, 2.75) is 37.9 Å². The minimum absolute atomic E-state index is 0.352. The van der Waals surface area contributed by atoms with E-state index < -0.39 is 8.38 Å². The van der Waals surface area contributed by atoms with Crippen molar-refractivity contribution in [3.63, 3.8) is 0 Å². The Hall–Kier alpha value is 0.310. The SMILES string of the molecule is NC(C1CCCCC1)P(O)O. The first kappa shape index (κ1) is 9.40. The van der Waals surface area contributed by atoms with E-state index in [9.17, 15) is 0 Å². The topological polar surface area (TPSA) is 66.5 Å². The van der Waals surface area contributed by atoms with E-state index >= 15 is 0 Å². The van der Waals surface area contributed by atoms with Gasteiger partial charge in [0, 0.05) is 0 Å². The van der Waals surface area contributed by atoms with E-state index in [4.69, 9.17) is 15.5 Å². The third kappa shape index (κ3) is 2.68. The minimum atomic E-state index is -1.91. The van der Waals surface area contributed by atoms with E-state index in [-0.39, 0.29) is 5.78 Å². The summed E-state index contributed by atoms with van der Waals surface area (Å²) in [6, 6.07) is 0. The van der Waals surface area contributed by atoms with Crippen LogP contribution in [0.5, 0.6) is 0 Å². The van der Waals surface area contributed by atoms with Crippen LogP contribution < -0.4 is 5.73 Å². The Kier molecular flexibility index (Phi) is 3.73. The molecule has 1 unspecified atom stereocenters. The van der Waals surface area contributed by atoms with Crippen LogP contribution in [0.4, 0.5) is 0 Å². The summed E-state index contributed by atoms with van der Waals surface area (Å²) in [5.41, 5.74) is 5.62. The van der Waals surface area contributed by atoms with Crippen LogP contribution in [0.25, 0.3) is 0 Å². The first-order valence-corrected chi connectivity index (χ1v) is 5.46. The highest BCUT2D eigenvalue weighted by Crippen LogP contribution is 2.38. The van der Waals surface area contributed by atoms with Crippen molar-refractivity contribution in [1.29, 1.82) is 0 Å². The van der Waals surface area contributed by atoms with Crippen LogP contribution >= 0.6 is 8.38 Å². The summed E-state index contributed by atoms with van der Waals surface area (Å²) in [5, 5.41) is 0. The van der Waals surface area contributed by atoms with Crippen molar-refractivity contribution < 1.29 is 9.79 Å². The minimum Gasteiger partial charge on any atom is -0.349 e. The molecule has 0 heterocycles. The van der Waals surface area contributed by atoms with Gasteiger partial charge >= 0.3 is 0 Å². The molecule has 11 heavy (non-hydrogen) atoms. The second kappa shape index (κ2) is 4.36. The fourth-order valence-electron chi connectivity index (χ4n) is 1.66. The number of hydrogen-bond acceptors (Lipinski definition) is 3. The number of nitrogens with two attached hydrogens (primary N) is 1. The largest absolute Gasteiger partial charge is 0.349 e.